The second kappa shape index (κ2) is 4.51. The third-order valence-corrected chi connectivity index (χ3v) is 3.04. The Labute approximate surface area is 94.7 Å². The molecule has 1 aromatic rings. The molecule has 2 N–H and O–H groups in total. The molecule has 1 saturated carbocycles. The minimum atomic E-state index is -0.939. The Morgan fingerprint density at radius 1 is 1.62 bits per heavy atom. The molecule has 1 fully saturated rings. The quantitative estimate of drug-likeness (QED) is 0.798. The molecule has 0 aliphatic heterocycles. The Kier molecular flexibility index (Phi) is 3.08. The monoisotopic (exact) mass is 220 g/mol. The maximum absolute atomic E-state index is 10.6. The van der Waals surface area contributed by atoms with Gasteiger partial charge < -0.3 is 10.4 Å². The van der Waals surface area contributed by atoms with Crippen molar-refractivity contribution >= 4 is 11.8 Å². The Morgan fingerprint density at radius 2 is 2.38 bits per heavy atom. The molecule has 0 spiro atoms. The van der Waals surface area contributed by atoms with Crippen LogP contribution in [0.4, 0.5) is 5.82 Å². The maximum Gasteiger partial charge on any atom is 0.337 e. The van der Waals surface area contributed by atoms with Crippen molar-refractivity contribution < 1.29 is 9.90 Å². The molecular formula is C12H16N2O2. The zero-order valence-electron chi connectivity index (χ0n) is 9.31. The number of aromatic nitrogens is 1. The van der Waals surface area contributed by atoms with Crippen molar-refractivity contribution in [2.45, 2.75) is 19.8 Å². The van der Waals surface area contributed by atoms with Crippen molar-refractivity contribution in [2.24, 2.45) is 11.8 Å². The molecule has 1 heterocycles. The molecule has 0 saturated heterocycles. The smallest absolute Gasteiger partial charge is 0.337 e. The molecule has 1 aliphatic rings. The summed E-state index contributed by atoms with van der Waals surface area (Å²) in [6.45, 7) is 3.14. The van der Waals surface area contributed by atoms with Crippen LogP contribution in [0.1, 0.15) is 30.1 Å². The minimum Gasteiger partial charge on any atom is -0.478 e. The summed E-state index contributed by atoms with van der Waals surface area (Å²) < 4.78 is 0. The van der Waals surface area contributed by atoms with Crippen LogP contribution in [0.5, 0.6) is 0 Å². The van der Waals surface area contributed by atoms with Gasteiger partial charge in [-0.15, -0.1) is 0 Å². The number of aromatic carboxylic acids is 1. The van der Waals surface area contributed by atoms with Gasteiger partial charge in [-0.05, 0) is 36.8 Å². The first kappa shape index (κ1) is 10.9. The zero-order chi connectivity index (χ0) is 11.5. The summed E-state index contributed by atoms with van der Waals surface area (Å²) in [5.74, 6) is 1.34. The van der Waals surface area contributed by atoms with Gasteiger partial charge in [0.05, 0.1) is 5.56 Å². The van der Waals surface area contributed by atoms with Crippen LogP contribution < -0.4 is 5.32 Å². The number of carboxylic acids is 1. The fraction of sp³-hybridized carbons (Fsp3) is 0.500. The highest BCUT2D eigenvalue weighted by molar-refractivity contribution is 5.87. The molecule has 16 heavy (non-hydrogen) atoms. The van der Waals surface area contributed by atoms with E-state index in [0.29, 0.717) is 5.92 Å². The summed E-state index contributed by atoms with van der Waals surface area (Å²) in [6.07, 6.45) is 4.06. The van der Waals surface area contributed by atoms with Crippen LogP contribution in [-0.4, -0.2) is 22.6 Å². The van der Waals surface area contributed by atoms with Crippen molar-refractivity contribution in [3.8, 4) is 0 Å². The van der Waals surface area contributed by atoms with E-state index in [1.165, 1.54) is 19.0 Å². The molecule has 86 valence electrons. The van der Waals surface area contributed by atoms with Crippen molar-refractivity contribution in [3.05, 3.63) is 23.9 Å². The fourth-order valence-electron chi connectivity index (χ4n) is 1.72. The lowest BCUT2D eigenvalue weighted by molar-refractivity contribution is 0.0696. The number of nitrogens with one attached hydrogen (secondary N) is 1. The van der Waals surface area contributed by atoms with E-state index in [1.54, 1.807) is 12.1 Å². The molecule has 1 atom stereocenters. The SMILES string of the molecule is CC(CNc1ccc(C(=O)O)cn1)C1CC1. The molecule has 1 aromatic heterocycles. The number of rotatable bonds is 5. The highest BCUT2D eigenvalue weighted by atomic mass is 16.4. The van der Waals surface area contributed by atoms with E-state index in [4.69, 9.17) is 5.11 Å². The van der Waals surface area contributed by atoms with E-state index >= 15 is 0 Å². The topological polar surface area (TPSA) is 62.2 Å². The minimum absolute atomic E-state index is 0.223. The second-order valence-electron chi connectivity index (χ2n) is 4.43. The summed E-state index contributed by atoms with van der Waals surface area (Å²) >= 11 is 0. The molecule has 0 aromatic carbocycles. The van der Waals surface area contributed by atoms with Crippen LogP contribution in [0.3, 0.4) is 0 Å². The molecule has 2 rings (SSSR count). The summed E-state index contributed by atoms with van der Waals surface area (Å²) in [5.41, 5.74) is 0.223. The normalized spacial score (nSPS) is 16.8. The molecule has 0 radical (unpaired) electrons. The first-order valence-corrected chi connectivity index (χ1v) is 5.60. The Bertz CT molecular complexity index is 371. The fourth-order valence-corrected chi connectivity index (χ4v) is 1.72. The van der Waals surface area contributed by atoms with E-state index < -0.39 is 5.97 Å². The van der Waals surface area contributed by atoms with Crippen molar-refractivity contribution in [2.75, 3.05) is 11.9 Å². The highest BCUT2D eigenvalue weighted by Gasteiger charge is 2.27. The summed E-state index contributed by atoms with van der Waals surface area (Å²) in [5, 5.41) is 11.9. The number of carbonyl (C=O) groups is 1. The van der Waals surface area contributed by atoms with Crippen molar-refractivity contribution in [1.29, 1.82) is 0 Å². The number of hydrogen-bond donors (Lipinski definition) is 2. The standard InChI is InChI=1S/C12H16N2O2/c1-8(9-2-3-9)6-13-11-5-4-10(7-14-11)12(15)16/h4-5,7-9H,2-3,6H2,1H3,(H,13,14)(H,15,16). The molecule has 1 unspecified atom stereocenters. The molecule has 4 nitrogen and oxygen atoms in total. The number of hydrogen-bond acceptors (Lipinski definition) is 3. The van der Waals surface area contributed by atoms with Crippen LogP contribution in [0.25, 0.3) is 0 Å². The van der Waals surface area contributed by atoms with Gasteiger partial charge >= 0.3 is 5.97 Å². The number of nitrogens with zero attached hydrogens (tertiary/aromatic N) is 1. The number of anilines is 1. The zero-order valence-corrected chi connectivity index (χ0v) is 9.31. The van der Waals surface area contributed by atoms with Gasteiger partial charge in [-0.25, -0.2) is 9.78 Å². The maximum atomic E-state index is 10.6. The number of pyridine rings is 1. The summed E-state index contributed by atoms with van der Waals surface area (Å²) in [7, 11) is 0. The van der Waals surface area contributed by atoms with Crippen molar-refractivity contribution in [1.82, 2.24) is 4.98 Å². The molecule has 0 amide bonds. The first-order valence-electron chi connectivity index (χ1n) is 5.60. The number of carboxylic acid groups (broad SMARTS) is 1. The van der Waals surface area contributed by atoms with E-state index in [9.17, 15) is 4.79 Å². The average molecular weight is 220 g/mol. The predicted molar refractivity (Wildman–Crippen MR) is 61.6 cm³/mol. The second-order valence-corrected chi connectivity index (χ2v) is 4.43. The highest BCUT2D eigenvalue weighted by Crippen LogP contribution is 2.36. The Hall–Kier alpha value is -1.58. The van der Waals surface area contributed by atoms with Gasteiger partial charge in [0.15, 0.2) is 0 Å². The van der Waals surface area contributed by atoms with Gasteiger partial charge in [0.1, 0.15) is 5.82 Å². The van der Waals surface area contributed by atoms with Crippen LogP contribution in [0, 0.1) is 11.8 Å². The van der Waals surface area contributed by atoms with Crippen LogP contribution >= 0.6 is 0 Å². The van der Waals surface area contributed by atoms with Crippen LogP contribution in [-0.2, 0) is 0 Å². The molecular weight excluding hydrogens is 204 g/mol. The summed E-state index contributed by atoms with van der Waals surface area (Å²) in [6, 6.07) is 3.28. The Morgan fingerprint density at radius 3 is 2.88 bits per heavy atom. The molecule has 4 heteroatoms. The van der Waals surface area contributed by atoms with E-state index in [0.717, 1.165) is 18.3 Å². The largest absolute Gasteiger partial charge is 0.478 e. The van der Waals surface area contributed by atoms with Gasteiger partial charge in [0.25, 0.3) is 0 Å². The third-order valence-electron chi connectivity index (χ3n) is 3.04. The van der Waals surface area contributed by atoms with Crippen LogP contribution in [0.15, 0.2) is 18.3 Å². The van der Waals surface area contributed by atoms with Crippen LogP contribution in [0.2, 0.25) is 0 Å². The van der Waals surface area contributed by atoms with Gasteiger partial charge in [-0.2, -0.15) is 0 Å². The van der Waals surface area contributed by atoms with Crippen molar-refractivity contribution in [3.63, 3.8) is 0 Å². The summed E-state index contributed by atoms with van der Waals surface area (Å²) in [4.78, 5) is 14.7. The van der Waals surface area contributed by atoms with E-state index in [-0.39, 0.29) is 5.56 Å². The van der Waals surface area contributed by atoms with E-state index in [1.807, 2.05) is 0 Å². The lowest BCUT2D eigenvalue weighted by Gasteiger charge is -2.11. The average Bonchev–Trinajstić information content (AvgIpc) is 3.10. The predicted octanol–water partition coefficient (Wildman–Crippen LogP) is 2.24. The first-order chi connectivity index (χ1) is 7.66. The lowest BCUT2D eigenvalue weighted by Crippen LogP contribution is -2.13. The van der Waals surface area contributed by atoms with Gasteiger partial charge in [-0.3, -0.25) is 0 Å². The Balaban J connectivity index is 1.86. The molecule has 1 aliphatic carbocycles. The molecule has 0 bridgehead atoms. The van der Waals surface area contributed by atoms with Gasteiger partial charge in [0, 0.05) is 12.7 Å². The van der Waals surface area contributed by atoms with E-state index in [2.05, 4.69) is 17.2 Å². The van der Waals surface area contributed by atoms with Gasteiger partial charge in [-0.1, -0.05) is 6.92 Å². The third kappa shape index (κ3) is 2.72. The lowest BCUT2D eigenvalue weighted by atomic mass is 10.1. The van der Waals surface area contributed by atoms with Gasteiger partial charge in [0.2, 0.25) is 0 Å².